The molecule has 0 spiro atoms. The summed E-state index contributed by atoms with van der Waals surface area (Å²) in [4.78, 5) is 0. The molecule has 0 saturated carbocycles. The molecule has 2 atom stereocenters. The fraction of sp³-hybridized carbons (Fsp3) is 0.0370. The summed E-state index contributed by atoms with van der Waals surface area (Å²) >= 11 is -3.34. The van der Waals surface area contributed by atoms with Gasteiger partial charge in [-0.15, -0.1) is 0 Å². The van der Waals surface area contributed by atoms with Crippen LogP contribution in [0.15, 0.2) is 243 Å². The molecule has 8 aromatic rings. The van der Waals surface area contributed by atoms with E-state index in [1.165, 1.54) is 62.8 Å². The van der Waals surface area contributed by atoms with Crippen molar-refractivity contribution >= 4 is 49.2 Å². The molecule has 1 heteroatoms. The van der Waals surface area contributed by atoms with Gasteiger partial charge in [-0.2, -0.15) is 0 Å². The SMILES string of the molecule is c1ccc(C2=C(c3ccccc3)C(c3ccccc3)[C](c3ccccc3)([Sn]([c]3ccccc3)[c]3ccccc3)C(c3ccccc3)=C2c2ccccc2)cc1. The summed E-state index contributed by atoms with van der Waals surface area (Å²) in [5, 5.41) is 0. The van der Waals surface area contributed by atoms with Gasteiger partial charge in [-0.05, 0) is 0 Å². The van der Waals surface area contributed by atoms with E-state index in [2.05, 4.69) is 243 Å². The number of rotatable bonds is 9. The van der Waals surface area contributed by atoms with Crippen LogP contribution in [0.25, 0.3) is 22.3 Å². The van der Waals surface area contributed by atoms with Gasteiger partial charge in [0.1, 0.15) is 0 Å². The summed E-state index contributed by atoms with van der Waals surface area (Å²) in [6, 6.07) is 91.1. The molecule has 0 aliphatic heterocycles. The molecule has 1 aliphatic carbocycles. The van der Waals surface area contributed by atoms with Crippen molar-refractivity contribution in [2.24, 2.45) is 0 Å². The summed E-state index contributed by atoms with van der Waals surface area (Å²) in [6.45, 7) is 0. The van der Waals surface area contributed by atoms with Crippen LogP contribution in [0, 0.1) is 0 Å². The predicted molar refractivity (Wildman–Crippen MR) is 235 cm³/mol. The first-order valence-corrected chi connectivity index (χ1v) is 23.4. The summed E-state index contributed by atoms with van der Waals surface area (Å²) in [5.41, 5.74) is 13.0. The van der Waals surface area contributed by atoms with Crippen LogP contribution < -0.4 is 7.16 Å². The number of benzene rings is 8. The Morgan fingerprint density at radius 3 is 1.11 bits per heavy atom. The third kappa shape index (κ3) is 6.41. The van der Waals surface area contributed by atoms with Gasteiger partial charge >= 0.3 is 335 Å². The van der Waals surface area contributed by atoms with E-state index in [9.17, 15) is 0 Å². The van der Waals surface area contributed by atoms with Crippen molar-refractivity contribution in [2.75, 3.05) is 0 Å². The molecule has 8 aromatic carbocycles. The molecule has 2 unspecified atom stereocenters. The molecular weight excluding hydrogens is 767 g/mol. The molecule has 9 rings (SSSR count). The summed E-state index contributed by atoms with van der Waals surface area (Å²) < 4.78 is 2.46. The van der Waals surface area contributed by atoms with Crippen LogP contribution >= 0.6 is 0 Å². The first-order valence-electron chi connectivity index (χ1n) is 19.2. The standard InChI is InChI=1S/C42H31.2C6H5.Sn/c1-7-19-31(20-8-1)37-38(32-21-9-2-10-22-32)40(34-25-13-4-14-26-34)42(36-29-17-6-18-30-36)41(35-27-15-5-16-28-35)39(37)33-23-11-3-12-24-33;2*1-2-4-6-5-3-1;/h1-30,37H;2*1-5H;. The van der Waals surface area contributed by atoms with Gasteiger partial charge in [0.05, 0.1) is 0 Å². The number of hydrogen-bond donors (Lipinski definition) is 0. The van der Waals surface area contributed by atoms with E-state index < -0.39 is 23.2 Å². The zero-order valence-corrected chi connectivity index (χ0v) is 33.5. The van der Waals surface area contributed by atoms with Crippen molar-refractivity contribution in [2.45, 2.75) is 9.35 Å². The van der Waals surface area contributed by atoms with E-state index in [4.69, 9.17) is 0 Å². The van der Waals surface area contributed by atoms with Crippen molar-refractivity contribution in [3.8, 4) is 0 Å². The van der Waals surface area contributed by atoms with Crippen molar-refractivity contribution in [3.05, 3.63) is 276 Å². The zero-order valence-electron chi connectivity index (χ0n) is 30.7. The van der Waals surface area contributed by atoms with Gasteiger partial charge in [-0.3, -0.25) is 0 Å². The van der Waals surface area contributed by atoms with Gasteiger partial charge in [0.15, 0.2) is 0 Å². The Labute approximate surface area is 332 Å². The Morgan fingerprint density at radius 1 is 0.309 bits per heavy atom. The van der Waals surface area contributed by atoms with E-state index in [1.807, 2.05) is 0 Å². The molecular formula is C54H41Sn. The van der Waals surface area contributed by atoms with Gasteiger partial charge in [0.25, 0.3) is 0 Å². The Morgan fingerprint density at radius 2 is 0.655 bits per heavy atom. The van der Waals surface area contributed by atoms with Crippen LogP contribution in [0.1, 0.15) is 39.3 Å². The monoisotopic (exact) mass is 809 g/mol. The van der Waals surface area contributed by atoms with Crippen LogP contribution in [0.4, 0.5) is 0 Å². The quantitative estimate of drug-likeness (QED) is 0.127. The molecule has 1 radical (unpaired) electrons. The van der Waals surface area contributed by atoms with Crippen molar-refractivity contribution < 1.29 is 0 Å². The van der Waals surface area contributed by atoms with Crippen molar-refractivity contribution in [1.29, 1.82) is 0 Å². The van der Waals surface area contributed by atoms with Crippen LogP contribution in [-0.2, 0) is 3.43 Å². The van der Waals surface area contributed by atoms with E-state index in [0.717, 1.165) is 0 Å². The number of allylic oxidation sites excluding steroid dienone is 4. The van der Waals surface area contributed by atoms with E-state index >= 15 is 0 Å². The Bertz CT molecular complexity index is 2490. The molecule has 0 bridgehead atoms. The van der Waals surface area contributed by atoms with Crippen LogP contribution in [0.3, 0.4) is 0 Å². The molecule has 0 nitrogen and oxygen atoms in total. The fourth-order valence-electron chi connectivity index (χ4n) is 8.99. The van der Waals surface area contributed by atoms with E-state index in [1.54, 1.807) is 0 Å². The normalized spacial score (nSPS) is 17.0. The minimum absolute atomic E-state index is 0.0498. The van der Waals surface area contributed by atoms with Crippen LogP contribution in [-0.4, -0.2) is 19.8 Å². The third-order valence-electron chi connectivity index (χ3n) is 11.0. The van der Waals surface area contributed by atoms with Gasteiger partial charge in [-0.25, -0.2) is 0 Å². The van der Waals surface area contributed by atoms with Gasteiger partial charge in [-0.1, -0.05) is 0 Å². The molecule has 55 heavy (non-hydrogen) atoms. The topological polar surface area (TPSA) is 0 Å². The van der Waals surface area contributed by atoms with Crippen molar-refractivity contribution in [3.63, 3.8) is 0 Å². The predicted octanol–water partition coefficient (Wildman–Crippen LogP) is 11.8. The third-order valence-corrected chi connectivity index (χ3v) is 20.8. The fourth-order valence-corrected chi connectivity index (χ4v) is 20.0. The molecule has 0 saturated heterocycles. The van der Waals surface area contributed by atoms with E-state index in [0.29, 0.717) is 0 Å². The molecule has 261 valence electrons. The molecule has 1 aliphatic rings. The first kappa shape index (κ1) is 34.8. The average Bonchev–Trinajstić information content (AvgIpc) is 3.28. The Hall–Kier alpha value is -5.96. The minimum atomic E-state index is -3.34. The molecule has 0 amide bonds. The van der Waals surface area contributed by atoms with Gasteiger partial charge < -0.3 is 0 Å². The maximum absolute atomic E-state index is 3.34. The van der Waals surface area contributed by atoms with Crippen LogP contribution in [0.5, 0.6) is 0 Å². The zero-order chi connectivity index (χ0) is 36.9. The number of hydrogen-bond acceptors (Lipinski definition) is 0. The second-order valence-electron chi connectivity index (χ2n) is 14.1. The summed E-state index contributed by atoms with van der Waals surface area (Å²) in [5.74, 6) is -0.0498. The van der Waals surface area contributed by atoms with Gasteiger partial charge in [0.2, 0.25) is 0 Å². The second-order valence-corrected chi connectivity index (χ2v) is 21.8. The maximum atomic E-state index is 2.43. The first-order chi connectivity index (χ1) is 27.4. The summed E-state index contributed by atoms with van der Waals surface area (Å²) in [7, 11) is 0. The van der Waals surface area contributed by atoms with E-state index in [-0.39, 0.29) is 5.92 Å². The molecule has 0 heterocycles. The molecule has 0 N–H and O–H groups in total. The Kier molecular flexibility index (Phi) is 9.99. The van der Waals surface area contributed by atoms with Crippen LogP contribution in [0.2, 0.25) is 0 Å². The summed E-state index contributed by atoms with van der Waals surface area (Å²) in [6.07, 6.45) is 0. The average molecular weight is 809 g/mol. The van der Waals surface area contributed by atoms with Crippen molar-refractivity contribution in [1.82, 2.24) is 0 Å². The molecule has 0 fully saturated rings. The van der Waals surface area contributed by atoms with Gasteiger partial charge in [0, 0.05) is 0 Å². The second kappa shape index (κ2) is 15.8. The Balaban J connectivity index is 1.62. The molecule has 0 aromatic heterocycles.